The number of nitro groups is 1. The molecule has 4 aliphatic carbocycles. The SMILES string of the molecule is Cc1c(C)c2ccc(OC(CCC3=CCCCC3)C(=O)O)c([N+](=O)[O-])c2oc1=O.O=C(COc1ccc(F)cc1)c1ccccc1OC(CCC1=CCCCC1)C(=O)O.O=C(O)C(CCC1=CCCCC1)Oc1cccc2c(=O)cc(-c3ccccc3)oc12.O=C(c1cccs1)c1cc(Cl)ccc1OC(CCC1=CCCCC1)C(=O)O. The van der Waals surface area contributed by atoms with E-state index >= 15 is 0 Å². The molecule has 4 unspecified atom stereocenters. The van der Waals surface area contributed by atoms with Gasteiger partial charge >= 0.3 is 35.2 Å². The van der Waals surface area contributed by atoms with Gasteiger partial charge in [-0.25, -0.2) is 28.4 Å². The lowest BCUT2D eigenvalue weighted by molar-refractivity contribution is -0.384. The summed E-state index contributed by atoms with van der Waals surface area (Å²) in [6.07, 6.45) is 25.7. The normalized spacial score (nSPS) is 14.9. The summed E-state index contributed by atoms with van der Waals surface area (Å²) >= 11 is 7.38. The van der Waals surface area contributed by atoms with Crippen molar-refractivity contribution in [2.75, 3.05) is 6.61 Å². The quantitative estimate of drug-likeness (QED) is 0.0100. The van der Waals surface area contributed by atoms with Crippen molar-refractivity contribution in [2.45, 2.75) is 192 Å². The Morgan fingerprint density at radius 2 is 0.991 bits per heavy atom. The molecule has 0 amide bonds. The van der Waals surface area contributed by atoms with Gasteiger partial charge in [0.1, 0.15) is 28.8 Å². The number of nitrogens with zero attached hydrogens (tertiary/aromatic N) is 1. The number of fused-ring (bicyclic) bond motifs is 2. The molecule has 116 heavy (non-hydrogen) atoms. The second-order valence-electron chi connectivity index (χ2n) is 28.6. The van der Waals surface area contributed by atoms with Gasteiger partial charge in [-0.2, -0.15) is 0 Å². The number of halogens is 2. The maximum atomic E-state index is 13.0. The second-order valence-corrected chi connectivity index (χ2v) is 30.0. The number of aliphatic carboxylic acids is 4. The Morgan fingerprint density at radius 3 is 1.48 bits per heavy atom. The predicted molar refractivity (Wildman–Crippen MR) is 440 cm³/mol. The van der Waals surface area contributed by atoms with E-state index in [1.165, 1.54) is 95.4 Å². The van der Waals surface area contributed by atoms with Gasteiger partial charge in [-0.15, -0.1) is 11.3 Å². The molecule has 9 aromatic rings. The first-order valence-electron chi connectivity index (χ1n) is 39.0. The first-order valence-corrected chi connectivity index (χ1v) is 40.3. The van der Waals surface area contributed by atoms with Gasteiger partial charge in [0.2, 0.25) is 22.9 Å². The molecule has 4 atom stereocenters. The second kappa shape index (κ2) is 43.1. The zero-order chi connectivity index (χ0) is 82.6. The summed E-state index contributed by atoms with van der Waals surface area (Å²) in [5.41, 5.74) is 5.96. The van der Waals surface area contributed by atoms with E-state index in [1.807, 2.05) is 35.7 Å². The molecule has 25 heteroatoms. The number of hydrogen-bond acceptors (Lipinski definition) is 18. The average molecular weight is 1620 g/mol. The zero-order valence-corrected chi connectivity index (χ0v) is 66.1. The molecule has 0 bridgehead atoms. The fourth-order valence-electron chi connectivity index (χ4n) is 14.0. The number of Topliss-reactive ketones (excluding diaryl/α,β-unsaturated/α-hetero) is 1. The third kappa shape index (κ3) is 24.9. The van der Waals surface area contributed by atoms with E-state index in [2.05, 4.69) is 24.3 Å². The van der Waals surface area contributed by atoms with Gasteiger partial charge in [0.25, 0.3) is 0 Å². The van der Waals surface area contributed by atoms with Crippen LogP contribution >= 0.6 is 22.9 Å². The Kier molecular flexibility index (Phi) is 32.2. The summed E-state index contributed by atoms with van der Waals surface area (Å²) in [6, 6.07) is 38.8. The van der Waals surface area contributed by atoms with Crippen LogP contribution in [0, 0.1) is 29.8 Å². The minimum absolute atomic E-state index is 0.195. The molecule has 0 spiro atoms. The van der Waals surface area contributed by atoms with E-state index in [-0.39, 0.29) is 75.3 Å². The van der Waals surface area contributed by atoms with Crippen LogP contribution in [0.3, 0.4) is 0 Å². The van der Waals surface area contributed by atoms with Gasteiger partial charge in [-0.3, -0.25) is 24.5 Å². The van der Waals surface area contributed by atoms with Gasteiger partial charge in [0.05, 0.1) is 26.3 Å². The maximum Gasteiger partial charge on any atom is 0.353 e. The Hall–Kier alpha value is -11.8. The Balaban J connectivity index is 0.000000163. The van der Waals surface area contributed by atoms with Gasteiger partial charge in [0, 0.05) is 27.6 Å². The van der Waals surface area contributed by atoms with Gasteiger partial charge < -0.3 is 52.9 Å². The topological polar surface area (TPSA) is 333 Å². The number of nitro benzene ring substituents is 1. The molecule has 3 aromatic heterocycles. The van der Waals surface area contributed by atoms with Crippen LogP contribution in [-0.4, -0.2) is 91.8 Å². The standard InChI is InChI=1S/C25H24O5.C24H25FO5.C21H21ClO4S.C21H23NO7/c26-20-16-23(18-10-5-2-6-11-18)30-24-19(20)12-7-13-21(24)29-22(25(27)28)15-14-17-8-3-1-4-9-17;25-18-11-13-19(14-12-18)29-16-21(26)20-8-4-5-9-22(20)30-23(24(27)28)15-10-17-6-2-1-3-7-17;22-15-9-11-17(16(13-15)20(23)19-7-4-12-27-19)26-18(21(24)25)10-8-14-5-2-1-3-6-14;1-12-13(2)21(25)29-19-15(12)9-11-16(18(19)22(26)27)28-17(20(23)24)10-8-14-6-4-3-5-7-14/h2,5-8,10-13,16,22H,1,3-4,9,14-15H2,(H,27,28);4-6,8-9,11-14,23H,1-3,7,10,15-16H2,(H,27,28);4-5,7,9,11-13,18H,1-3,6,8,10H2,(H,24,25);6,9,11,17H,3-5,7-8,10H2,1-2H3,(H,23,24). The number of carboxylic acids is 4. The minimum Gasteiger partial charge on any atom is -0.485 e. The van der Waals surface area contributed by atoms with Crippen molar-refractivity contribution >= 4 is 86.0 Å². The molecule has 3 heterocycles. The molecule has 22 nitrogen and oxygen atoms in total. The lowest BCUT2D eigenvalue weighted by atomic mass is 9.95. The first-order chi connectivity index (χ1) is 56.0. The van der Waals surface area contributed by atoms with Gasteiger partial charge in [0.15, 0.2) is 47.8 Å². The number of thiophene rings is 1. The van der Waals surface area contributed by atoms with Crippen LogP contribution in [0.2, 0.25) is 5.02 Å². The highest BCUT2D eigenvalue weighted by Gasteiger charge is 2.31. The van der Waals surface area contributed by atoms with Crippen LogP contribution in [0.15, 0.2) is 216 Å². The van der Waals surface area contributed by atoms with Crippen LogP contribution in [0.1, 0.15) is 191 Å². The Bertz CT molecular complexity index is 5220. The number of aryl methyl sites for hydroxylation is 1. The van der Waals surface area contributed by atoms with Crippen LogP contribution in [0.4, 0.5) is 10.1 Å². The van der Waals surface area contributed by atoms with Crippen LogP contribution in [0.5, 0.6) is 28.7 Å². The summed E-state index contributed by atoms with van der Waals surface area (Å²) in [6.45, 7) is 2.99. The summed E-state index contributed by atoms with van der Waals surface area (Å²) in [7, 11) is 0. The van der Waals surface area contributed by atoms with Crippen molar-refractivity contribution in [3.8, 4) is 40.1 Å². The molecule has 6 aromatic carbocycles. The molecule has 0 aliphatic heterocycles. The monoisotopic (exact) mass is 1620 g/mol. The fourth-order valence-corrected chi connectivity index (χ4v) is 14.8. The molecular formula is C91H93ClFNO21S. The molecule has 608 valence electrons. The number of carbonyl (C=O) groups excluding carboxylic acids is 2. The van der Waals surface area contributed by atoms with Crippen LogP contribution in [0.25, 0.3) is 33.3 Å². The number of carboxylic acid groups (broad SMARTS) is 4. The number of benzene rings is 6. The van der Waals surface area contributed by atoms with E-state index < -0.39 is 70.3 Å². The number of carbonyl (C=O) groups is 6. The number of para-hydroxylation sites is 2. The molecule has 13 rings (SSSR count). The summed E-state index contributed by atoms with van der Waals surface area (Å²) in [4.78, 5) is 109. The number of hydrogen-bond donors (Lipinski definition) is 4. The van der Waals surface area contributed by atoms with Crippen molar-refractivity contribution in [2.24, 2.45) is 0 Å². The van der Waals surface area contributed by atoms with Crippen molar-refractivity contribution in [3.05, 3.63) is 266 Å². The van der Waals surface area contributed by atoms with Crippen molar-refractivity contribution in [3.63, 3.8) is 0 Å². The molecule has 0 saturated carbocycles. The lowest BCUT2D eigenvalue weighted by Gasteiger charge is -2.19. The summed E-state index contributed by atoms with van der Waals surface area (Å²) < 4.78 is 52.5. The highest BCUT2D eigenvalue weighted by molar-refractivity contribution is 7.12. The number of ketones is 2. The van der Waals surface area contributed by atoms with E-state index in [1.54, 1.807) is 86.6 Å². The Labute approximate surface area is 678 Å². The van der Waals surface area contributed by atoms with E-state index in [0.29, 0.717) is 88.3 Å². The molecule has 0 fully saturated rings. The Morgan fingerprint density at radius 1 is 0.509 bits per heavy atom. The zero-order valence-electron chi connectivity index (χ0n) is 64.6. The van der Waals surface area contributed by atoms with Crippen molar-refractivity contribution < 1.29 is 91.0 Å². The largest absolute Gasteiger partial charge is 0.485 e. The van der Waals surface area contributed by atoms with Crippen molar-refractivity contribution in [1.82, 2.24) is 0 Å². The molecule has 4 aliphatic rings. The van der Waals surface area contributed by atoms with Crippen LogP contribution in [-0.2, 0) is 19.2 Å². The number of rotatable bonds is 32. The molecular weight excluding hydrogens is 1530 g/mol. The van der Waals surface area contributed by atoms with Gasteiger partial charge in [-0.1, -0.05) is 113 Å². The minimum atomic E-state index is -1.24. The van der Waals surface area contributed by atoms with Gasteiger partial charge in [-0.05, 0) is 264 Å². The summed E-state index contributed by atoms with van der Waals surface area (Å²) in [5, 5.41) is 53.1. The molecule has 0 saturated heterocycles. The number of ether oxygens (including phenoxy) is 5. The highest BCUT2D eigenvalue weighted by Crippen LogP contribution is 2.39. The van der Waals surface area contributed by atoms with Crippen LogP contribution < -0.4 is 34.7 Å². The predicted octanol–water partition coefficient (Wildman–Crippen LogP) is 20.9. The van der Waals surface area contributed by atoms with E-state index in [9.17, 15) is 73.3 Å². The summed E-state index contributed by atoms with van der Waals surface area (Å²) in [5.74, 6) is -3.97. The molecule has 0 radical (unpaired) electrons. The van der Waals surface area contributed by atoms with E-state index in [0.717, 1.165) is 89.0 Å². The third-order valence-electron chi connectivity index (χ3n) is 20.5. The van der Waals surface area contributed by atoms with Crippen molar-refractivity contribution in [1.29, 1.82) is 0 Å². The smallest absolute Gasteiger partial charge is 0.353 e. The first kappa shape index (κ1) is 86.6. The third-order valence-corrected chi connectivity index (χ3v) is 21.6. The number of allylic oxidation sites excluding steroid dienone is 8. The molecule has 4 N–H and O–H groups in total. The fraction of sp³-hybridized carbons (Fsp3) is 0.341. The lowest BCUT2D eigenvalue weighted by Crippen LogP contribution is -2.28. The maximum absolute atomic E-state index is 13.0. The average Bonchev–Trinajstić information content (AvgIpc) is 0.975. The van der Waals surface area contributed by atoms with E-state index in [4.69, 9.17) is 44.1 Å². The highest BCUT2D eigenvalue weighted by atomic mass is 35.5.